The number of aryl methyl sites for hydroxylation is 1. The van der Waals surface area contributed by atoms with E-state index in [1.54, 1.807) is 42.2 Å². The number of rotatable bonds is 5. The average molecular weight is 304 g/mol. The summed E-state index contributed by atoms with van der Waals surface area (Å²) in [6.45, 7) is 2.07. The third-order valence-electron chi connectivity index (χ3n) is 3.30. The highest BCUT2D eigenvalue weighted by Crippen LogP contribution is 2.12. The van der Waals surface area contributed by atoms with Crippen LogP contribution in [0.3, 0.4) is 0 Å². The molecule has 0 saturated carbocycles. The first-order valence-electron chi connectivity index (χ1n) is 6.36. The van der Waals surface area contributed by atoms with Gasteiger partial charge in [-0.3, -0.25) is 4.68 Å². The Kier molecular flexibility index (Phi) is 4.40. The SMILES string of the molecule is Cc1c(CNS(=O)(=O)Cc2ccccc2C#N)cnn1C. The smallest absolute Gasteiger partial charge is 0.216 e. The zero-order valence-electron chi connectivity index (χ0n) is 11.9. The Morgan fingerprint density at radius 1 is 1.33 bits per heavy atom. The monoisotopic (exact) mass is 304 g/mol. The molecule has 2 aromatic rings. The van der Waals surface area contributed by atoms with E-state index >= 15 is 0 Å². The Morgan fingerprint density at radius 3 is 2.67 bits per heavy atom. The van der Waals surface area contributed by atoms with Gasteiger partial charge in [-0.15, -0.1) is 0 Å². The molecule has 1 heterocycles. The fourth-order valence-electron chi connectivity index (χ4n) is 1.92. The molecule has 0 spiro atoms. The number of hydrogen-bond acceptors (Lipinski definition) is 4. The highest BCUT2D eigenvalue weighted by molar-refractivity contribution is 7.88. The van der Waals surface area contributed by atoms with Crippen LogP contribution >= 0.6 is 0 Å². The van der Waals surface area contributed by atoms with Crippen LogP contribution in [0.15, 0.2) is 30.5 Å². The van der Waals surface area contributed by atoms with Crippen molar-refractivity contribution in [2.75, 3.05) is 0 Å². The predicted octanol–water partition coefficient (Wildman–Crippen LogP) is 1.22. The van der Waals surface area contributed by atoms with E-state index in [-0.39, 0.29) is 12.3 Å². The van der Waals surface area contributed by atoms with Gasteiger partial charge in [-0.05, 0) is 18.6 Å². The van der Waals surface area contributed by atoms with E-state index in [9.17, 15) is 8.42 Å². The summed E-state index contributed by atoms with van der Waals surface area (Å²) in [7, 11) is -1.71. The van der Waals surface area contributed by atoms with E-state index in [0.29, 0.717) is 11.1 Å². The number of nitriles is 1. The highest BCUT2D eigenvalue weighted by Gasteiger charge is 2.15. The van der Waals surface area contributed by atoms with Crippen molar-refractivity contribution in [3.63, 3.8) is 0 Å². The summed E-state index contributed by atoms with van der Waals surface area (Å²) in [5, 5.41) is 13.1. The van der Waals surface area contributed by atoms with Gasteiger partial charge in [0.2, 0.25) is 10.0 Å². The van der Waals surface area contributed by atoms with Crippen LogP contribution in [0.25, 0.3) is 0 Å². The molecule has 0 aliphatic heterocycles. The first kappa shape index (κ1) is 15.2. The topological polar surface area (TPSA) is 87.8 Å². The highest BCUT2D eigenvalue weighted by atomic mass is 32.2. The van der Waals surface area contributed by atoms with Crippen LogP contribution in [-0.2, 0) is 29.4 Å². The standard InChI is InChI=1S/C14H16N4O2S/c1-11-14(8-16-18(11)2)9-17-21(19,20)10-13-6-4-3-5-12(13)7-15/h3-6,8,17H,9-10H2,1-2H3. The van der Waals surface area contributed by atoms with Crippen molar-refractivity contribution >= 4 is 10.0 Å². The molecular formula is C14H16N4O2S. The molecule has 0 atom stereocenters. The minimum Gasteiger partial charge on any atom is -0.273 e. The second kappa shape index (κ2) is 6.08. The quantitative estimate of drug-likeness (QED) is 0.899. The Hall–Kier alpha value is -2.17. The number of aromatic nitrogens is 2. The van der Waals surface area contributed by atoms with Crippen molar-refractivity contribution in [3.05, 3.63) is 52.8 Å². The van der Waals surface area contributed by atoms with Gasteiger partial charge in [0.05, 0.1) is 23.6 Å². The summed E-state index contributed by atoms with van der Waals surface area (Å²) in [5.41, 5.74) is 2.61. The maximum absolute atomic E-state index is 12.1. The Labute approximate surface area is 124 Å². The van der Waals surface area contributed by atoms with E-state index in [1.807, 2.05) is 13.0 Å². The zero-order valence-corrected chi connectivity index (χ0v) is 12.7. The van der Waals surface area contributed by atoms with Gasteiger partial charge in [0.25, 0.3) is 0 Å². The first-order chi connectivity index (χ1) is 9.93. The molecule has 0 unspecified atom stereocenters. The normalized spacial score (nSPS) is 11.3. The summed E-state index contributed by atoms with van der Waals surface area (Å²) in [6, 6.07) is 8.68. The molecule has 0 radical (unpaired) electrons. The Morgan fingerprint density at radius 2 is 2.05 bits per heavy atom. The van der Waals surface area contributed by atoms with Crippen LogP contribution in [0.2, 0.25) is 0 Å². The second-order valence-electron chi connectivity index (χ2n) is 4.73. The molecule has 1 aromatic heterocycles. The van der Waals surface area contributed by atoms with Gasteiger partial charge in [0, 0.05) is 24.8 Å². The summed E-state index contributed by atoms with van der Waals surface area (Å²) in [5.74, 6) is -0.212. The molecule has 6 nitrogen and oxygen atoms in total. The summed E-state index contributed by atoms with van der Waals surface area (Å²) < 4.78 is 28.5. The Balaban J connectivity index is 2.09. The third kappa shape index (κ3) is 3.68. The van der Waals surface area contributed by atoms with Crippen LogP contribution < -0.4 is 4.72 Å². The van der Waals surface area contributed by atoms with Crippen molar-refractivity contribution in [2.24, 2.45) is 7.05 Å². The number of hydrogen-bond donors (Lipinski definition) is 1. The van der Waals surface area contributed by atoms with Crippen molar-refractivity contribution in [1.82, 2.24) is 14.5 Å². The average Bonchev–Trinajstić information content (AvgIpc) is 2.77. The zero-order chi connectivity index (χ0) is 15.5. The molecule has 0 saturated heterocycles. The van der Waals surface area contributed by atoms with Crippen LogP contribution in [0.4, 0.5) is 0 Å². The molecule has 21 heavy (non-hydrogen) atoms. The van der Waals surface area contributed by atoms with Crippen LogP contribution in [0, 0.1) is 18.3 Å². The third-order valence-corrected chi connectivity index (χ3v) is 4.58. The van der Waals surface area contributed by atoms with Crippen molar-refractivity contribution < 1.29 is 8.42 Å². The molecule has 0 aliphatic rings. The summed E-state index contributed by atoms with van der Waals surface area (Å²) in [4.78, 5) is 0. The van der Waals surface area contributed by atoms with Gasteiger partial charge in [-0.2, -0.15) is 10.4 Å². The lowest BCUT2D eigenvalue weighted by Gasteiger charge is -2.07. The number of sulfonamides is 1. The van der Waals surface area contributed by atoms with Gasteiger partial charge in [0.15, 0.2) is 0 Å². The predicted molar refractivity (Wildman–Crippen MR) is 78.6 cm³/mol. The number of benzene rings is 1. The van der Waals surface area contributed by atoms with Crippen molar-refractivity contribution in [1.29, 1.82) is 5.26 Å². The van der Waals surface area contributed by atoms with Crippen LogP contribution in [0.5, 0.6) is 0 Å². The fourth-order valence-corrected chi connectivity index (χ4v) is 3.06. The van der Waals surface area contributed by atoms with Gasteiger partial charge < -0.3 is 0 Å². The lowest BCUT2D eigenvalue weighted by molar-refractivity contribution is 0.580. The first-order valence-corrected chi connectivity index (χ1v) is 8.01. The molecule has 7 heteroatoms. The van der Waals surface area contributed by atoms with Gasteiger partial charge in [-0.25, -0.2) is 13.1 Å². The lowest BCUT2D eigenvalue weighted by Crippen LogP contribution is -2.25. The molecule has 1 N–H and O–H groups in total. The molecule has 0 aliphatic carbocycles. The van der Waals surface area contributed by atoms with Gasteiger partial charge >= 0.3 is 0 Å². The van der Waals surface area contributed by atoms with Crippen molar-refractivity contribution in [2.45, 2.75) is 19.2 Å². The lowest BCUT2D eigenvalue weighted by atomic mass is 10.1. The van der Waals surface area contributed by atoms with Gasteiger partial charge in [0.1, 0.15) is 0 Å². The molecule has 110 valence electrons. The van der Waals surface area contributed by atoms with E-state index in [4.69, 9.17) is 5.26 Å². The fraction of sp³-hybridized carbons (Fsp3) is 0.286. The van der Waals surface area contributed by atoms with Gasteiger partial charge in [-0.1, -0.05) is 18.2 Å². The van der Waals surface area contributed by atoms with E-state index in [1.165, 1.54) is 0 Å². The maximum atomic E-state index is 12.1. The molecule has 1 aromatic carbocycles. The van der Waals surface area contributed by atoms with Crippen LogP contribution in [0.1, 0.15) is 22.4 Å². The summed E-state index contributed by atoms with van der Waals surface area (Å²) >= 11 is 0. The molecule has 2 rings (SSSR count). The van der Waals surface area contributed by atoms with Crippen LogP contribution in [-0.4, -0.2) is 18.2 Å². The number of nitrogens with one attached hydrogen (secondary N) is 1. The van der Waals surface area contributed by atoms with E-state index in [2.05, 4.69) is 9.82 Å². The number of nitrogens with zero attached hydrogens (tertiary/aromatic N) is 3. The van der Waals surface area contributed by atoms with Crippen molar-refractivity contribution in [3.8, 4) is 6.07 Å². The molecule has 0 fully saturated rings. The minimum absolute atomic E-state index is 0.191. The second-order valence-corrected chi connectivity index (χ2v) is 6.53. The van der Waals surface area contributed by atoms with E-state index < -0.39 is 10.0 Å². The molecule has 0 bridgehead atoms. The Bertz CT molecular complexity index is 788. The molecule has 0 amide bonds. The maximum Gasteiger partial charge on any atom is 0.216 e. The largest absolute Gasteiger partial charge is 0.273 e. The minimum atomic E-state index is -3.51. The molecular weight excluding hydrogens is 288 g/mol. The summed E-state index contributed by atoms with van der Waals surface area (Å²) in [6.07, 6.45) is 1.64. The van der Waals surface area contributed by atoms with E-state index in [0.717, 1.165) is 11.3 Å².